The zero-order chi connectivity index (χ0) is 25.0. The Morgan fingerprint density at radius 1 is 0.829 bits per heavy atom. The highest BCUT2D eigenvalue weighted by Gasteiger charge is 2.57. The van der Waals surface area contributed by atoms with Gasteiger partial charge in [0, 0.05) is 16.3 Å². The number of aromatic nitrogens is 2. The highest BCUT2D eigenvalue weighted by Crippen LogP contribution is 2.47. The number of fused-ring (bicyclic) bond motifs is 2. The van der Waals surface area contributed by atoms with Gasteiger partial charge in [-0.3, -0.25) is 4.55 Å². The van der Waals surface area contributed by atoms with E-state index in [-0.39, 0.29) is 10.8 Å². The van der Waals surface area contributed by atoms with Gasteiger partial charge in [0.2, 0.25) is 5.60 Å². The van der Waals surface area contributed by atoms with E-state index in [1.807, 2.05) is 6.07 Å². The maximum atomic E-state index is 14.6. The molecule has 4 aromatic carbocycles. The zero-order valence-corrected chi connectivity index (χ0v) is 18.6. The number of para-hydroxylation sites is 1. The SMILES string of the molecule is O=S(=O)(O)c1ccc(C(O)(c2ccc3c(cnn3-c3ccccc3)c2)C(F)(F)F)c2ccccc12. The number of hydrogen-bond donors (Lipinski definition) is 2. The van der Waals surface area contributed by atoms with Gasteiger partial charge < -0.3 is 5.11 Å². The molecule has 1 heterocycles. The standard InChI is InChI=1S/C25H17F3N2O4S/c26-25(27,28)24(31,21-11-13-23(35(32,33)34)20-9-5-4-8-19(20)21)17-10-12-22-16(14-17)15-29-30(22)18-6-2-1-3-7-18/h1-15,31H,(H,32,33,34). The second-order valence-corrected chi connectivity index (χ2v) is 9.40. The second kappa shape index (κ2) is 7.91. The third-order valence-electron chi connectivity index (χ3n) is 5.95. The Hall–Kier alpha value is -3.73. The molecule has 0 saturated carbocycles. The van der Waals surface area contributed by atoms with Gasteiger partial charge >= 0.3 is 6.18 Å². The molecule has 0 radical (unpaired) electrons. The molecule has 0 amide bonds. The van der Waals surface area contributed by atoms with Crippen molar-refractivity contribution in [3.8, 4) is 5.69 Å². The lowest BCUT2D eigenvalue weighted by Gasteiger charge is -2.32. The van der Waals surface area contributed by atoms with E-state index in [1.165, 1.54) is 48.7 Å². The first-order valence-electron chi connectivity index (χ1n) is 10.3. The fraction of sp³-hybridized carbons (Fsp3) is 0.0800. The van der Waals surface area contributed by atoms with Crippen molar-refractivity contribution in [2.24, 2.45) is 0 Å². The molecule has 0 fully saturated rings. The van der Waals surface area contributed by atoms with Crippen molar-refractivity contribution in [2.45, 2.75) is 16.7 Å². The quantitative estimate of drug-likeness (QED) is 0.332. The highest BCUT2D eigenvalue weighted by molar-refractivity contribution is 7.86. The van der Waals surface area contributed by atoms with Gasteiger partial charge in [0.15, 0.2) is 0 Å². The van der Waals surface area contributed by atoms with E-state index in [2.05, 4.69) is 5.10 Å². The Morgan fingerprint density at radius 2 is 1.49 bits per heavy atom. The lowest BCUT2D eigenvalue weighted by atomic mass is 9.82. The van der Waals surface area contributed by atoms with Crippen molar-refractivity contribution in [2.75, 3.05) is 0 Å². The summed E-state index contributed by atoms with van der Waals surface area (Å²) in [6.07, 6.45) is -3.76. The molecule has 0 aliphatic heterocycles. The summed E-state index contributed by atoms with van der Waals surface area (Å²) in [6, 6.07) is 20.0. The van der Waals surface area contributed by atoms with Gasteiger partial charge in [-0.1, -0.05) is 54.6 Å². The molecular formula is C25H17F3N2O4S. The van der Waals surface area contributed by atoms with Crippen LogP contribution in [-0.4, -0.2) is 34.0 Å². The van der Waals surface area contributed by atoms with Gasteiger partial charge in [-0.05, 0) is 41.3 Å². The summed E-state index contributed by atoms with van der Waals surface area (Å²) in [5.74, 6) is 0. The number of rotatable bonds is 4. The first-order chi connectivity index (χ1) is 16.5. The van der Waals surface area contributed by atoms with Crippen LogP contribution in [0.4, 0.5) is 13.2 Å². The van der Waals surface area contributed by atoms with E-state index in [9.17, 15) is 31.2 Å². The lowest BCUT2D eigenvalue weighted by molar-refractivity contribution is -0.247. The van der Waals surface area contributed by atoms with Gasteiger partial charge in [0.1, 0.15) is 4.90 Å². The summed E-state index contributed by atoms with van der Waals surface area (Å²) in [7, 11) is -4.72. The molecule has 6 nitrogen and oxygen atoms in total. The Bertz CT molecular complexity index is 1680. The molecule has 5 aromatic rings. The van der Waals surface area contributed by atoms with Crippen molar-refractivity contribution < 1.29 is 31.2 Å². The summed E-state index contributed by atoms with van der Waals surface area (Å²) in [5, 5.41) is 15.6. The average Bonchev–Trinajstić information content (AvgIpc) is 3.25. The summed E-state index contributed by atoms with van der Waals surface area (Å²) < 4.78 is 78.4. The van der Waals surface area contributed by atoms with Crippen LogP contribution in [0.25, 0.3) is 27.4 Å². The summed E-state index contributed by atoms with van der Waals surface area (Å²) in [6.45, 7) is 0. The van der Waals surface area contributed by atoms with Crippen molar-refractivity contribution in [3.05, 3.63) is 102 Å². The molecule has 0 spiro atoms. The maximum Gasteiger partial charge on any atom is 0.425 e. The third kappa shape index (κ3) is 3.66. The molecular weight excluding hydrogens is 481 g/mol. The minimum Gasteiger partial charge on any atom is -0.372 e. The highest BCUT2D eigenvalue weighted by atomic mass is 32.2. The molecule has 2 N–H and O–H groups in total. The fourth-order valence-corrected chi connectivity index (χ4v) is 5.01. The van der Waals surface area contributed by atoms with E-state index in [1.54, 1.807) is 28.9 Å². The molecule has 1 atom stereocenters. The van der Waals surface area contributed by atoms with Crippen LogP contribution in [0.5, 0.6) is 0 Å². The monoisotopic (exact) mass is 498 g/mol. The van der Waals surface area contributed by atoms with Crippen LogP contribution in [0.15, 0.2) is 96.0 Å². The average molecular weight is 498 g/mol. The maximum absolute atomic E-state index is 14.6. The van der Waals surface area contributed by atoms with Crippen LogP contribution in [-0.2, 0) is 15.7 Å². The van der Waals surface area contributed by atoms with Gasteiger partial charge in [-0.25, -0.2) is 4.68 Å². The Balaban J connectivity index is 1.76. The van der Waals surface area contributed by atoms with Crippen molar-refractivity contribution >= 4 is 31.8 Å². The number of alkyl halides is 3. The fourth-order valence-electron chi connectivity index (χ4n) is 4.32. The number of hydrogen-bond acceptors (Lipinski definition) is 4. The summed E-state index contributed by atoms with van der Waals surface area (Å²) in [5.41, 5.74) is -3.25. The van der Waals surface area contributed by atoms with E-state index >= 15 is 0 Å². The van der Waals surface area contributed by atoms with Crippen molar-refractivity contribution in [3.63, 3.8) is 0 Å². The van der Waals surface area contributed by atoms with Gasteiger partial charge in [-0.2, -0.15) is 26.7 Å². The van der Waals surface area contributed by atoms with Gasteiger partial charge in [0.05, 0.1) is 17.4 Å². The Morgan fingerprint density at radius 3 is 2.14 bits per heavy atom. The molecule has 178 valence electrons. The summed E-state index contributed by atoms with van der Waals surface area (Å²) >= 11 is 0. The van der Waals surface area contributed by atoms with E-state index in [0.717, 1.165) is 12.1 Å². The first-order valence-corrected chi connectivity index (χ1v) is 11.8. The molecule has 35 heavy (non-hydrogen) atoms. The minimum atomic E-state index is -5.17. The van der Waals surface area contributed by atoms with Crippen molar-refractivity contribution in [1.29, 1.82) is 0 Å². The minimum absolute atomic E-state index is 0.145. The Labute approximate surface area is 197 Å². The van der Waals surface area contributed by atoms with Gasteiger partial charge in [0.25, 0.3) is 10.1 Å². The second-order valence-electron chi connectivity index (χ2n) is 8.01. The predicted octanol–water partition coefficient (Wildman–Crippen LogP) is 5.22. The number of aliphatic hydroxyl groups is 1. The normalized spacial score (nSPS) is 14.3. The smallest absolute Gasteiger partial charge is 0.372 e. The Kier molecular flexibility index (Phi) is 5.20. The molecule has 1 unspecified atom stereocenters. The predicted molar refractivity (Wildman–Crippen MR) is 124 cm³/mol. The van der Waals surface area contributed by atoms with Crippen molar-refractivity contribution in [1.82, 2.24) is 9.78 Å². The van der Waals surface area contributed by atoms with Crippen LogP contribution >= 0.6 is 0 Å². The molecule has 0 aliphatic carbocycles. The largest absolute Gasteiger partial charge is 0.425 e. The topological polar surface area (TPSA) is 92.4 Å². The van der Waals surface area contributed by atoms with Crippen LogP contribution in [0.3, 0.4) is 0 Å². The molecule has 0 bridgehead atoms. The lowest BCUT2D eigenvalue weighted by Crippen LogP contribution is -2.43. The number of halogens is 3. The zero-order valence-electron chi connectivity index (χ0n) is 17.8. The number of nitrogens with zero attached hydrogens (tertiary/aromatic N) is 2. The summed E-state index contributed by atoms with van der Waals surface area (Å²) in [4.78, 5) is -0.555. The van der Waals surface area contributed by atoms with Gasteiger partial charge in [-0.15, -0.1) is 0 Å². The third-order valence-corrected chi connectivity index (χ3v) is 6.86. The molecule has 5 rings (SSSR count). The van der Waals surface area contributed by atoms with Crippen LogP contribution in [0.2, 0.25) is 0 Å². The molecule has 10 heteroatoms. The molecule has 0 saturated heterocycles. The van der Waals surface area contributed by atoms with Crippen LogP contribution < -0.4 is 0 Å². The van der Waals surface area contributed by atoms with Crippen LogP contribution in [0.1, 0.15) is 11.1 Å². The van der Waals surface area contributed by atoms with E-state index in [4.69, 9.17) is 0 Å². The van der Waals surface area contributed by atoms with E-state index in [0.29, 0.717) is 16.6 Å². The van der Waals surface area contributed by atoms with E-state index < -0.39 is 37.9 Å². The first kappa shape index (κ1) is 23.0. The number of benzene rings is 4. The van der Waals surface area contributed by atoms with Crippen LogP contribution in [0, 0.1) is 0 Å². The molecule has 1 aromatic heterocycles. The molecule has 0 aliphatic rings.